The lowest BCUT2D eigenvalue weighted by Crippen LogP contribution is -2.50. The minimum atomic E-state index is -0.468. The molecule has 4 aliphatic carbocycles. The lowest BCUT2D eigenvalue weighted by atomic mass is 9.48. The molecule has 178 valence electrons. The number of nitrogens with zero attached hydrogens (tertiary/aromatic N) is 1. The Hall–Kier alpha value is -2.05. The highest BCUT2D eigenvalue weighted by molar-refractivity contribution is 5.92. The van der Waals surface area contributed by atoms with Crippen molar-refractivity contribution in [1.82, 2.24) is 10.6 Å². The number of amides is 2. The molecule has 0 spiro atoms. The molecule has 4 aliphatic rings. The molecule has 0 aromatic rings. The second kappa shape index (κ2) is 9.06. The Morgan fingerprint density at radius 3 is 2.47 bits per heavy atom. The predicted molar refractivity (Wildman–Crippen MR) is 123 cm³/mol. The first kappa shape index (κ1) is 23.1. The Morgan fingerprint density at radius 1 is 1.03 bits per heavy atom. The van der Waals surface area contributed by atoms with E-state index >= 15 is 0 Å². The van der Waals surface area contributed by atoms with Gasteiger partial charge in [-0.3, -0.25) is 4.84 Å². The van der Waals surface area contributed by atoms with E-state index in [1.165, 1.54) is 12.0 Å². The molecule has 0 radical (unpaired) electrons. The highest BCUT2D eigenvalue weighted by Gasteiger charge is 2.58. The van der Waals surface area contributed by atoms with Gasteiger partial charge in [-0.25, -0.2) is 9.59 Å². The van der Waals surface area contributed by atoms with Gasteiger partial charge in [0.05, 0.1) is 5.71 Å². The van der Waals surface area contributed by atoms with E-state index in [-0.39, 0.29) is 23.0 Å². The van der Waals surface area contributed by atoms with Gasteiger partial charge in [0, 0.05) is 24.9 Å². The first-order valence-corrected chi connectivity index (χ1v) is 12.5. The minimum absolute atomic E-state index is 0.0112. The summed E-state index contributed by atoms with van der Waals surface area (Å²) in [5.41, 5.74) is 2.77. The van der Waals surface area contributed by atoms with E-state index in [4.69, 9.17) is 9.57 Å². The molecule has 2 unspecified atom stereocenters. The number of hydrogen-bond acceptors (Lipinski definition) is 5. The van der Waals surface area contributed by atoms with Crippen molar-refractivity contribution in [1.29, 1.82) is 0 Å². The van der Waals surface area contributed by atoms with Crippen LogP contribution in [0.1, 0.15) is 79.1 Å². The van der Waals surface area contributed by atoms with Gasteiger partial charge < -0.3 is 15.4 Å². The van der Waals surface area contributed by atoms with Crippen LogP contribution in [-0.4, -0.2) is 37.1 Å². The van der Waals surface area contributed by atoms with Gasteiger partial charge in [-0.2, -0.15) is 0 Å². The van der Waals surface area contributed by atoms with Gasteiger partial charge in [0.25, 0.3) is 0 Å². The van der Waals surface area contributed by atoms with Gasteiger partial charge in [-0.15, -0.1) is 0 Å². The van der Waals surface area contributed by atoms with Crippen LogP contribution in [0.5, 0.6) is 0 Å². The molecule has 0 heterocycles. The molecule has 32 heavy (non-hydrogen) atoms. The Kier molecular flexibility index (Phi) is 6.55. The summed E-state index contributed by atoms with van der Waals surface area (Å²) in [5.74, 6) is 1.88. The Bertz CT molecular complexity index is 809. The number of oxime groups is 1. The number of carbonyl (C=O) groups excluding carboxylic acids is 2. The molecule has 0 aromatic heterocycles. The average molecular weight is 446 g/mol. The normalized spacial score (nSPS) is 39.2. The third kappa shape index (κ3) is 4.03. The lowest BCUT2D eigenvalue weighted by Gasteiger charge is -2.57. The van der Waals surface area contributed by atoms with Gasteiger partial charge in [0.2, 0.25) is 0 Å². The first-order valence-electron chi connectivity index (χ1n) is 12.5. The van der Waals surface area contributed by atoms with E-state index in [0.717, 1.165) is 50.7 Å². The molecule has 3 fully saturated rings. The highest BCUT2D eigenvalue weighted by atomic mass is 16.7. The van der Waals surface area contributed by atoms with Crippen molar-refractivity contribution in [3.8, 4) is 0 Å². The number of rotatable bonds is 4. The standard InChI is InChI=1S/C25H39N3O4/c1-5-26-22(29)31-17-11-13-24(3)16(15-17)7-8-18-19-9-10-21(28-32-23(30)27-6-2)25(19,4)14-12-20(18)24/h7,17-20H,5-6,8-15H2,1-4H3,(H,26,29)(H,27,30)/t17-,18-,19?,20?,24-,25-/m0/s1. The van der Waals surface area contributed by atoms with Crippen molar-refractivity contribution in [2.75, 3.05) is 13.1 Å². The summed E-state index contributed by atoms with van der Waals surface area (Å²) in [6.45, 7) is 9.69. The maximum atomic E-state index is 11.9. The van der Waals surface area contributed by atoms with E-state index in [1.807, 2.05) is 13.8 Å². The minimum Gasteiger partial charge on any atom is -0.446 e. The second-order valence-electron chi connectivity index (χ2n) is 10.5. The summed E-state index contributed by atoms with van der Waals surface area (Å²) >= 11 is 0. The molecule has 7 heteroatoms. The fraction of sp³-hybridized carbons (Fsp3) is 0.800. The molecule has 3 saturated carbocycles. The largest absolute Gasteiger partial charge is 0.446 e. The quantitative estimate of drug-likeness (QED) is 0.355. The Morgan fingerprint density at radius 2 is 1.72 bits per heavy atom. The van der Waals surface area contributed by atoms with Crippen LogP contribution >= 0.6 is 0 Å². The third-order valence-corrected chi connectivity index (χ3v) is 8.95. The molecule has 0 saturated heterocycles. The number of fused-ring (bicyclic) bond motifs is 5. The van der Waals surface area contributed by atoms with Crippen LogP contribution < -0.4 is 10.6 Å². The zero-order chi connectivity index (χ0) is 22.9. The zero-order valence-electron chi connectivity index (χ0n) is 20.0. The van der Waals surface area contributed by atoms with Crippen LogP contribution in [-0.2, 0) is 9.57 Å². The zero-order valence-corrected chi connectivity index (χ0v) is 20.0. The molecule has 6 atom stereocenters. The summed E-state index contributed by atoms with van der Waals surface area (Å²) in [4.78, 5) is 28.8. The second-order valence-corrected chi connectivity index (χ2v) is 10.5. The number of allylic oxidation sites excluding steroid dienone is 1. The third-order valence-electron chi connectivity index (χ3n) is 8.95. The van der Waals surface area contributed by atoms with E-state index < -0.39 is 6.09 Å². The topological polar surface area (TPSA) is 89.0 Å². The van der Waals surface area contributed by atoms with E-state index in [0.29, 0.717) is 30.8 Å². The van der Waals surface area contributed by atoms with Crippen LogP contribution in [0.15, 0.2) is 16.8 Å². The number of nitrogens with one attached hydrogen (secondary N) is 2. The van der Waals surface area contributed by atoms with Crippen molar-refractivity contribution in [3.05, 3.63) is 11.6 Å². The smallest absolute Gasteiger partial charge is 0.433 e. The molecule has 7 nitrogen and oxygen atoms in total. The van der Waals surface area contributed by atoms with E-state index in [1.54, 1.807) is 0 Å². The van der Waals surface area contributed by atoms with Gasteiger partial charge in [0.15, 0.2) is 0 Å². The molecular formula is C25H39N3O4. The van der Waals surface area contributed by atoms with Crippen LogP contribution in [0, 0.1) is 28.6 Å². The number of alkyl carbamates (subject to hydrolysis) is 1. The maximum Gasteiger partial charge on any atom is 0.433 e. The summed E-state index contributed by atoms with van der Waals surface area (Å²) in [7, 11) is 0. The van der Waals surface area contributed by atoms with Gasteiger partial charge >= 0.3 is 12.2 Å². The van der Waals surface area contributed by atoms with Crippen LogP contribution in [0.3, 0.4) is 0 Å². The van der Waals surface area contributed by atoms with Crippen molar-refractivity contribution in [2.24, 2.45) is 33.7 Å². The number of hydrogen-bond donors (Lipinski definition) is 2. The monoisotopic (exact) mass is 445 g/mol. The lowest BCUT2D eigenvalue weighted by molar-refractivity contribution is -0.0239. The summed E-state index contributed by atoms with van der Waals surface area (Å²) in [5, 5.41) is 9.72. The van der Waals surface area contributed by atoms with Crippen LogP contribution in [0.4, 0.5) is 9.59 Å². The average Bonchev–Trinajstić information content (AvgIpc) is 3.09. The Labute approximate surface area is 191 Å². The molecule has 2 N–H and O–H groups in total. The van der Waals surface area contributed by atoms with Crippen molar-refractivity contribution in [3.63, 3.8) is 0 Å². The molecule has 0 aliphatic heterocycles. The highest BCUT2D eigenvalue weighted by Crippen LogP contribution is 2.64. The number of carbonyl (C=O) groups is 2. The fourth-order valence-electron chi connectivity index (χ4n) is 7.28. The van der Waals surface area contributed by atoms with E-state index in [9.17, 15) is 9.59 Å². The molecular weight excluding hydrogens is 406 g/mol. The van der Waals surface area contributed by atoms with Gasteiger partial charge in [0.1, 0.15) is 6.10 Å². The molecule has 0 bridgehead atoms. The summed E-state index contributed by atoms with van der Waals surface area (Å²) in [6, 6.07) is 0. The number of ether oxygens (including phenoxy) is 1. The maximum absolute atomic E-state index is 11.9. The SMILES string of the molecule is CCNC(=O)ON=C1CCC2[C@@H]3CC=C4C[C@@H](OC(=O)NCC)CC[C@]4(C)C3CC[C@]12C. The first-order chi connectivity index (χ1) is 15.3. The predicted octanol–water partition coefficient (Wildman–Crippen LogP) is 5.17. The molecule has 2 amide bonds. The van der Waals surface area contributed by atoms with Crippen LogP contribution in [0.25, 0.3) is 0 Å². The molecule has 0 aromatic carbocycles. The van der Waals surface area contributed by atoms with Crippen molar-refractivity contribution < 1.29 is 19.2 Å². The van der Waals surface area contributed by atoms with Gasteiger partial charge in [-0.1, -0.05) is 30.7 Å². The van der Waals surface area contributed by atoms with Gasteiger partial charge in [-0.05, 0) is 82.0 Å². The van der Waals surface area contributed by atoms with E-state index in [2.05, 4.69) is 35.7 Å². The fourth-order valence-corrected chi connectivity index (χ4v) is 7.28. The Balaban J connectivity index is 1.47. The summed E-state index contributed by atoms with van der Waals surface area (Å²) in [6.07, 6.45) is 9.96. The van der Waals surface area contributed by atoms with Crippen molar-refractivity contribution in [2.45, 2.75) is 85.2 Å². The molecule has 4 rings (SSSR count). The summed E-state index contributed by atoms with van der Waals surface area (Å²) < 4.78 is 5.67. The van der Waals surface area contributed by atoms with Crippen LogP contribution in [0.2, 0.25) is 0 Å². The van der Waals surface area contributed by atoms with Crippen molar-refractivity contribution >= 4 is 17.9 Å².